The fraction of sp³-hybridized carbons (Fsp3) is 0.857. The Kier molecular flexibility index (Phi) is 3.27. The Bertz CT molecular complexity index is 279. The van der Waals surface area contributed by atoms with Crippen LogP contribution in [0, 0.1) is 0 Å². The second kappa shape index (κ2) is 4.06. The standard InChI is InChI=1S/C7H13NO4S/c1-6(9)8-13(10,11)7-2-4-12-5-3-7/h7H,2-5H2,1H3,(H,8,9). The minimum Gasteiger partial charge on any atom is -0.381 e. The summed E-state index contributed by atoms with van der Waals surface area (Å²) in [5.41, 5.74) is 0. The number of carbonyl (C=O) groups is 1. The first-order chi connectivity index (χ1) is 6.02. The molecule has 1 fully saturated rings. The second-order valence-electron chi connectivity index (χ2n) is 3.01. The van der Waals surface area contributed by atoms with Crippen LogP contribution in [-0.2, 0) is 19.6 Å². The van der Waals surface area contributed by atoms with E-state index in [0.717, 1.165) is 0 Å². The molecule has 1 N–H and O–H groups in total. The predicted molar refractivity (Wildman–Crippen MR) is 46.6 cm³/mol. The third-order valence-electron chi connectivity index (χ3n) is 1.89. The van der Waals surface area contributed by atoms with Gasteiger partial charge in [0.15, 0.2) is 0 Å². The first-order valence-corrected chi connectivity index (χ1v) is 5.67. The summed E-state index contributed by atoms with van der Waals surface area (Å²) in [6.45, 7) is 2.09. The zero-order valence-corrected chi connectivity index (χ0v) is 8.26. The van der Waals surface area contributed by atoms with Crippen LogP contribution < -0.4 is 4.72 Å². The summed E-state index contributed by atoms with van der Waals surface area (Å²) in [7, 11) is -3.46. The summed E-state index contributed by atoms with van der Waals surface area (Å²) >= 11 is 0. The molecule has 0 saturated carbocycles. The van der Waals surface area contributed by atoms with E-state index < -0.39 is 21.2 Å². The highest BCUT2D eigenvalue weighted by Crippen LogP contribution is 2.14. The maximum atomic E-state index is 11.4. The Morgan fingerprint density at radius 2 is 1.92 bits per heavy atom. The Labute approximate surface area is 77.5 Å². The van der Waals surface area contributed by atoms with Crippen LogP contribution in [0.4, 0.5) is 0 Å². The quantitative estimate of drug-likeness (QED) is 0.670. The molecule has 1 amide bonds. The number of amides is 1. The van der Waals surface area contributed by atoms with E-state index in [1.165, 1.54) is 6.92 Å². The van der Waals surface area contributed by atoms with E-state index in [1.807, 2.05) is 4.72 Å². The highest BCUT2D eigenvalue weighted by molar-refractivity contribution is 7.90. The van der Waals surface area contributed by atoms with Crippen LogP contribution >= 0.6 is 0 Å². The molecule has 0 aliphatic carbocycles. The Balaban J connectivity index is 2.62. The van der Waals surface area contributed by atoms with Gasteiger partial charge in [-0.3, -0.25) is 9.52 Å². The lowest BCUT2D eigenvalue weighted by molar-refractivity contribution is -0.117. The molecular weight excluding hydrogens is 194 g/mol. The third kappa shape index (κ3) is 2.96. The molecule has 0 aromatic heterocycles. The van der Waals surface area contributed by atoms with Gasteiger partial charge in [-0.1, -0.05) is 0 Å². The van der Waals surface area contributed by atoms with Crippen molar-refractivity contribution in [1.29, 1.82) is 0 Å². The van der Waals surface area contributed by atoms with Crippen molar-refractivity contribution in [2.24, 2.45) is 0 Å². The zero-order valence-electron chi connectivity index (χ0n) is 7.45. The molecule has 1 heterocycles. The fourth-order valence-electron chi connectivity index (χ4n) is 1.27. The van der Waals surface area contributed by atoms with Gasteiger partial charge < -0.3 is 4.74 Å². The minimum atomic E-state index is -3.46. The molecule has 0 spiro atoms. The highest BCUT2D eigenvalue weighted by Gasteiger charge is 2.28. The summed E-state index contributed by atoms with van der Waals surface area (Å²) in [4.78, 5) is 10.6. The first-order valence-electron chi connectivity index (χ1n) is 4.12. The summed E-state index contributed by atoms with van der Waals surface area (Å²) in [5.74, 6) is -0.536. The van der Waals surface area contributed by atoms with Gasteiger partial charge in [-0.05, 0) is 12.8 Å². The van der Waals surface area contributed by atoms with Crippen molar-refractivity contribution in [2.75, 3.05) is 13.2 Å². The number of carbonyl (C=O) groups excluding carboxylic acids is 1. The molecule has 0 aromatic rings. The third-order valence-corrected chi connectivity index (χ3v) is 3.81. The Hall–Kier alpha value is -0.620. The molecule has 0 radical (unpaired) electrons. The average molecular weight is 207 g/mol. The minimum absolute atomic E-state index is 0.448. The van der Waals surface area contributed by atoms with Gasteiger partial charge in [0, 0.05) is 20.1 Å². The molecule has 6 heteroatoms. The normalized spacial score (nSPS) is 19.8. The number of nitrogens with one attached hydrogen (secondary N) is 1. The fourth-order valence-corrected chi connectivity index (χ4v) is 2.65. The largest absolute Gasteiger partial charge is 0.381 e. The van der Waals surface area contributed by atoms with E-state index in [2.05, 4.69) is 0 Å². The van der Waals surface area contributed by atoms with Crippen molar-refractivity contribution < 1.29 is 17.9 Å². The van der Waals surface area contributed by atoms with Crippen LogP contribution in [0.5, 0.6) is 0 Å². The monoisotopic (exact) mass is 207 g/mol. The van der Waals surface area contributed by atoms with Crippen LogP contribution in [-0.4, -0.2) is 32.8 Å². The Morgan fingerprint density at radius 3 is 2.38 bits per heavy atom. The molecule has 1 saturated heterocycles. The molecule has 1 aliphatic rings. The molecule has 0 bridgehead atoms. The van der Waals surface area contributed by atoms with Crippen molar-refractivity contribution in [1.82, 2.24) is 4.72 Å². The van der Waals surface area contributed by atoms with Crippen LogP contribution in [0.1, 0.15) is 19.8 Å². The summed E-state index contributed by atoms with van der Waals surface area (Å²) in [5, 5.41) is -0.481. The first kappa shape index (κ1) is 10.5. The maximum Gasteiger partial charge on any atom is 0.237 e. The predicted octanol–water partition coefficient (Wildman–Crippen LogP) is -0.369. The van der Waals surface area contributed by atoms with Crippen molar-refractivity contribution in [2.45, 2.75) is 25.0 Å². The number of sulfonamides is 1. The number of hydrogen-bond acceptors (Lipinski definition) is 4. The molecule has 13 heavy (non-hydrogen) atoms. The van der Waals surface area contributed by atoms with Crippen molar-refractivity contribution >= 4 is 15.9 Å². The lowest BCUT2D eigenvalue weighted by Crippen LogP contribution is -2.40. The molecule has 0 atom stereocenters. The van der Waals surface area contributed by atoms with Crippen LogP contribution in [0.25, 0.3) is 0 Å². The van der Waals surface area contributed by atoms with Crippen LogP contribution in [0.3, 0.4) is 0 Å². The van der Waals surface area contributed by atoms with E-state index in [0.29, 0.717) is 26.1 Å². The number of hydrogen-bond donors (Lipinski definition) is 1. The average Bonchev–Trinajstić information content (AvgIpc) is 2.04. The maximum absolute atomic E-state index is 11.4. The van der Waals surface area contributed by atoms with E-state index >= 15 is 0 Å². The van der Waals surface area contributed by atoms with Crippen LogP contribution in [0.15, 0.2) is 0 Å². The van der Waals surface area contributed by atoms with Crippen molar-refractivity contribution in [3.63, 3.8) is 0 Å². The zero-order chi connectivity index (χ0) is 9.90. The van der Waals surface area contributed by atoms with E-state index in [4.69, 9.17) is 4.74 Å². The second-order valence-corrected chi connectivity index (χ2v) is 4.98. The molecule has 1 aliphatic heterocycles. The van der Waals surface area contributed by atoms with E-state index in [9.17, 15) is 13.2 Å². The molecular formula is C7H13NO4S. The van der Waals surface area contributed by atoms with E-state index in [1.54, 1.807) is 0 Å². The number of rotatable bonds is 2. The lowest BCUT2D eigenvalue weighted by atomic mass is 10.2. The van der Waals surface area contributed by atoms with Crippen molar-refractivity contribution in [3.05, 3.63) is 0 Å². The summed E-state index contributed by atoms with van der Waals surface area (Å²) in [6.07, 6.45) is 0.922. The molecule has 5 nitrogen and oxygen atoms in total. The van der Waals surface area contributed by atoms with Gasteiger partial charge in [0.1, 0.15) is 0 Å². The van der Waals surface area contributed by atoms with Gasteiger partial charge in [-0.2, -0.15) is 0 Å². The van der Waals surface area contributed by atoms with Gasteiger partial charge in [0.05, 0.1) is 5.25 Å². The highest BCUT2D eigenvalue weighted by atomic mass is 32.2. The topological polar surface area (TPSA) is 72.5 Å². The van der Waals surface area contributed by atoms with E-state index in [-0.39, 0.29) is 0 Å². The Morgan fingerprint density at radius 1 is 1.38 bits per heavy atom. The van der Waals surface area contributed by atoms with Crippen LogP contribution in [0.2, 0.25) is 0 Å². The molecule has 0 aromatic carbocycles. The smallest absolute Gasteiger partial charge is 0.237 e. The van der Waals surface area contributed by atoms with Crippen molar-refractivity contribution in [3.8, 4) is 0 Å². The summed E-state index contributed by atoms with van der Waals surface area (Å²) < 4.78 is 29.8. The van der Waals surface area contributed by atoms with Gasteiger partial charge in [-0.15, -0.1) is 0 Å². The summed E-state index contributed by atoms with van der Waals surface area (Å²) in [6, 6.07) is 0. The number of ether oxygens (including phenoxy) is 1. The lowest BCUT2D eigenvalue weighted by Gasteiger charge is -2.21. The van der Waals surface area contributed by atoms with Gasteiger partial charge in [0.2, 0.25) is 15.9 Å². The molecule has 1 rings (SSSR count). The molecule has 0 unspecified atom stereocenters. The van der Waals surface area contributed by atoms with Gasteiger partial charge >= 0.3 is 0 Å². The molecule has 76 valence electrons. The SMILES string of the molecule is CC(=O)NS(=O)(=O)C1CCOCC1. The van der Waals surface area contributed by atoms with Gasteiger partial charge in [0.25, 0.3) is 0 Å². The van der Waals surface area contributed by atoms with Gasteiger partial charge in [-0.25, -0.2) is 8.42 Å².